The lowest BCUT2D eigenvalue weighted by Gasteiger charge is -2.26. The first-order valence-electron chi connectivity index (χ1n) is 13.8. The number of carbonyl (C=O) groups excluding carboxylic acids is 2. The van der Waals surface area contributed by atoms with Gasteiger partial charge in [0.1, 0.15) is 29.8 Å². The first kappa shape index (κ1) is 28.4. The van der Waals surface area contributed by atoms with Crippen molar-refractivity contribution < 1.29 is 18.7 Å². The summed E-state index contributed by atoms with van der Waals surface area (Å²) in [5, 5.41) is 12.3. The number of nitrogens with one attached hydrogen (secondary N) is 1. The number of imidazole rings is 1. The van der Waals surface area contributed by atoms with E-state index in [2.05, 4.69) is 33.4 Å². The number of nitriles is 1. The molecule has 0 bridgehead atoms. The van der Waals surface area contributed by atoms with Crippen LogP contribution in [-0.4, -0.2) is 32.9 Å². The van der Waals surface area contributed by atoms with E-state index in [-0.39, 0.29) is 25.0 Å². The van der Waals surface area contributed by atoms with Crippen molar-refractivity contribution >= 4 is 29.4 Å². The SMILES string of the molecule is Cn1c(N2CCC(=O)NC2=O)cnc1-c1ccc2c(c1)[C@H](CC#N)N(Cc1ccc(OCc3c(F)cccc3Cl)cc1)C2. The first-order valence-corrected chi connectivity index (χ1v) is 14.2. The van der Waals surface area contributed by atoms with Crippen molar-refractivity contribution in [3.05, 3.63) is 100.0 Å². The van der Waals surface area contributed by atoms with Crippen LogP contribution in [0.4, 0.5) is 15.0 Å². The van der Waals surface area contributed by atoms with Gasteiger partial charge in [0.2, 0.25) is 5.91 Å². The minimum Gasteiger partial charge on any atom is -0.489 e. The maximum absolute atomic E-state index is 14.1. The van der Waals surface area contributed by atoms with Gasteiger partial charge < -0.3 is 9.30 Å². The smallest absolute Gasteiger partial charge is 0.329 e. The number of hydrogen-bond donors (Lipinski definition) is 1. The van der Waals surface area contributed by atoms with Crippen molar-refractivity contribution in [2.45, 2.75) is 38.6 Å². The zero-order valence-electron chi connectivity index (χ0n) is 23.4. The van der Waals surface area contributed by atoms with E-state index in [1.54, 1.807) is 18.3 Å². The Kier molecular flexibility index (Phi) is 7.84. The van der Waals surface area contributed by atoms with Gasteiger partial charge in [-0.1, -0.05) is 41.9 Å². The van der Waals surface area contributed by atoms with Crippen LogP contribution in [0.3, 0.4) is 0 Å². The number of rotatable bonds is 8. The fraction of sp³-hybridized carbons (Fsp3) is 0.250. The molecule has 0 aliphatic carbocycles. The molecule has 0 unspecified atom stereocenters. The Bertz CT molecular complexity index is 1730. The molecule has 3 heterocycles. The summed E-state index contributed by atoms with van der Waals surface area (Å²) in [7, 11) is 1.84. The topological polar surface area (TPSA) is 103 Å². The van der Waals surface area contributed by atoms with Gasteiger partial charge in [0.15, 0.2) is 0 Å². The summed E-state index contributed by atoms with van der Waals surface area (Å²) in [6.07, 6.45) is 2.19. The van der Waals surface area contributed by atoms with Crippen LogP contribution in [0, 0.1) is 17.1 Å². The van der Waals surface area contributed by atoms with Gasteiger partial charge in [0, 0.05) is 50.3 Å². The van der Waals surface area contributed by atoms with Crippen LogP contribution < -0.4 is 15.0 Å². The first-order chi connectivity index (χ1) is 20.8. The molecule has 218 valence electrons. The van der Waals surface area contributed by atoms with Crippen molar-refractivity contribution in [2.75, 3.05) is 11.4 Å². The molecule has 0 radical (unpaired) electrons. The number of benzene rings is 3. The highest BCUT2D eigenvalue weighted by Gasteiger charge is 2.31. The molecule has 0 spiro atoms. The molecule has 2 aliphatic heterocycles. The van der Waals surface area contributed by atoms with Crippen LogP contribution in [-0.2, 0) is 31.5 Å². The van der Waals surface area contributed by atoms with E-state index < -0.39 is 11.8 Å². The molecular formula is C32H28ClFN6O3. The van der Waals surface area contributed by atoms with Gasteiger partial charge >= 0.3 is 6.03 Å². The predicted molar refractivity (Wildman–Crippen MR) is 159 cm³/mol. The highest BCUT2D eigenvalue weighted by molar-refractivity contribution is 6.31. The number of carbonyl (C=O) groups is 2. The number of amides is 3. The van der Waals surface area contributed by atoms with E-state index in [9.17, 15) is 19.2 Å². The Hall–Kier alpha value is -4.72. The van der Waals surface area contributed by atoms with Gasteiger partial charge in [-0.25, -0.2) is 14.2 Å². The van der Waals surface area contributed by atoms with Crippen LogP contribution in [0.2, 0.25) is 5.02 Å². The van der Waals surface area contributed by atoms with Crippen LogP contribution in [0.5, 0.6) is 5.75 Å². The van der Waals surface area contributed by atoms with Crippen molar-refractivity contribution in [1.82, 2.24) is 19.8 Å². The second-order valence-corrected chi connectivity index (χ2v) is 11.0. The number of fused-ring (bicyclic) bond motifs is 1. The zero-order chi connectivity index (χ0) is 30.1. The highest BCUT2D eigenvalue weighted by Crippen LogP contribution is 2.39. The van der Waals surface area contributed by atoms with Gasteiger partial charge in [-0.3, -0.25) is 19.9 Å². The van der Waals surface area contributed by atoms with Gasteiger partial charge in [-0.15, -0.1) is 0 Å². The molecule has 0 saturated carbocycles. The van der Waals surface area contributed by atoms with E-state index in [0.29, 0.717) is 54.0 Å². The molecule has 2 aliphatic rings. The van der Waals surface area contributed by atoms with Gasteiger partial charge in [-0.05, 0) is 47.0 Å². The fourth-order valence-electron chi connectivity index (χ4n) is 5.66. The number of ether oxygens (including phenoxy) is 1. The number of imide groups is 1. The summed E-state index contributed by atoms with van der Waals surface area (Å²) in [5.74, 6) is 1.20. The van der Waals surface area contributed by atoms with Crippen LogP contribution in [0.15, 0.2) is 66.9 Å². The third-order valence-corrected chi connectivity index (χ3v) is 8.26. The number of urea groups is 1. The molecular weight excluding hydrogens is 571 g/mol. The third kappa shape index (κ3) is 5.69. The number of hydrogen-bond acceptors (Lipinski definition) is 6. The van der Waals surface area contributed by atoms with Crippen molar-refractivity contribution in [3.8, 4) is 23.2 Å². The molecule has 9 nitrogen and oxygen atoms in total. The Morgan fingerprint density at radius 2 is 1.98 bits per heavy atom. The molecule has 6 rings (SSSR count). The maximum Gasteiger partial charge on any atom is 0.329 e. The predicted octanol–water partition coefficient (Wildman–Crippen LogP) is 5.88. The molecule has 1 fully saturated rings. The second-order valence-electron chi connectivity index (χ2n) is 10.6. The number of halogens is 2. The summed E-state index contributed by atoms with van der Waals surface area (Å²) in [4.78, 5) is 32.3. The highest BCUT2D eigenvalue weighted by atomic mass is 35.5. The molecule has 3 amide bonds. The van der Waals surface area contributed by atoms with Crippen LogP contribution in [0.25, 0.3) is 11.4 Å². The lowest BCUT2D eigenvalue weighted by atomic mass is 9.99. The number of anilines is 1. The molecule has 11 heteroatoms. The lowest BCUT2D eigenvalue weighted by Crippen LogP contribution is -2.50. The van der Waals surface area contributed by atoms with Gasteiger partial charge in [0.05, 0.1) is 23.7 Å². The van der Waals surface area contributed by atoms with Crippen LogP contribution in [0.1, 0.15) is 41.1 Å². The summed E-state index contributed by atoms with van der Waals surface area (Å²) in [6.45, 7) is 1.65. The standard InChI is InChI=1S/C32H28ClFN6O3/c1-38-30(40-14-12-29(41)37-32(40)42)16-36-31(38)21-7-8-22-18-39(28(11-13-35)24(22)15-21)17-20-5-9-23(10-6-20)43-19-25-26(33)3-2-4-27(25)34/h2-10,15-16,28H,11-12,14,17-19H2,1H3,(H,37,41,42)/t28-/m0/s1. The largest absolute Gasteiger partial charge is 0.489 e. The Labute approximate surface area is 253 Å². The molecule has 1 saturated heterocycles. The molecule has 1 N–H and O–H groups in total. The second kappa shape index (κ2) is 11.9. The van der Waals surface area contributed by atoms with Gasteiger partial charge in [0.25, 0.3) is 0 Å². The Morgan fingerprint density at radius 1 is 1.16 bits per heavy atom. The van der Waals surface area contributed by atoms with Crippen molar-refractivity contribution in [2.24, 2.45) is 7.05 Å². The van der Waals surface area contributed by atoms with E-state index in [4.69, 9.17) is 16.3 Å². The van der Waals surface area contributed by atoms with Gasteiger partial charge in [-0.2, -0.15) is 5.26 Å². The molecule has 1 aromatic heterocycles. The number of nitrogens with zero attached hydrogens (tertiary/aromatic N) is 5. The molecule has 3 aromatic carbocycles. The summed E-state index contributed by atoms with van der Waals surface area (Å²) < 4.78 is 21.7. The van der Waals surface area contributed by atoms with Crippen molar-refractivity contribution in [3.63, 3.8) is 0 Å². The van der Waals surface area contributed by atoms with E-state index in [0.717, 1.165) is 22.3 Å². The quantitative estimate of drug-likeness (QED) is 0.272. The molecule has 43 heavy (non-hydrogen) atoms. The Balaban J connectivity index is 1.17. The normalized spacial score (nSPS) is 16.6. The van der Waals surface area contributed by atoms with Crippen LogP contribution >= 0.6 is 11.6 Å². The average molecular weight is 599 g/mol. The van der Waals surface area contributed by atoms with Crippen molar-refractivity contribution in [1.29, 1.82) is 5.26 Å². The Morgan fingerprint density at radius 3 is 2.72 bits per heavy atom. The summed E-state index contributed by atoms with van der Waals surface area (Å²) in [5.41, 5.74) is 4.47. The molecule has 1 atom stereocenters. The maximum atomic E-state index is 14.1. The monoisotopic (exact) mass is 598 g/mol. The number of aromatic nitrogens is 2. The minimum absolute atomic E-state index is 0.0290. The molecule has 4 aromatic rings. The third-order valence-electron chi connectivity index (χ3n) is 7.91. The fourth-order valence-corrected chi connectivity index (χ4v) is 5.88. The zero-order valence-corrected chi connectivity index (χ0v) is 24.1. The van der Waals surface area contributed by atoms with E-state index in [1.165, 1.54) is 11.0 Å². The summed E-state index contributed by atoms with van der Waals surface area (Å²) >= 11 is 6.11. The van der Waals surface area contributed by atoms with E-state index >= 15 is 0 Å². The van der Waals surface area contributed by atoms with E-state index in [1.807, 2.05) is 41.9 Å². The summed E-state index contributed by atoms with van der Waals surface area (Å²) in [6, 6.07) is 20.1. The lowest BCUT2D eigenvalue weighted by molar-refractivity contribution is -0.120. The minimum atomic E-state index is -0.460. The average Bonchev–Trinajstić information content (AvgIpc) is 3.53.